The molecule has 2 rings (SSSR count). The Kier molecular flexibility index (Phi) is 5.03. The van der Waals surface area contributed by atoms with Gasteiger partial charge in [0.15, 0.2) is 0 Å². The van der Waals surface area contributed by atoms with Crippen LogP contribution in [0.1, 0.15) is 57.6 Å². The molecule has 1 N–H and O–H groups in total. The van der Waals surface area contributed by atoms with Gasteiger partial charge in [-0.3, -0.25) is 0 Å². The normalized spacial score (nSPS) is 24.4. The van der Waals surface area contributed by atoms with Crippen LogP contribution in [0.25, 0.3) is 0 Å². The summed E-state index contributed by atoms with van der Waals surface area (Å²) < 4.78 is 14.0. The van der Waals surface area contributed by atoms with Gasteiger partial charge in [-0.05, 0) is 50.7 Å². The minimum absolute atomic E-state index is 0.313. The number of hydrogen-bond acceptors (Lipinski definition) is 2. The van der Waals surface area contributed by atoms with Crippen molar-refractivity contribution in [3.8, 4) is 0 Å². The lowest BCUT2D eigenvalue weighted by atomic mass is 9.84. The highest BCUT2D eigenvalue weighted by Gasteiger charge is 2.26. The largest absolute Gasteiger partial charge is 0.389 e. The van der Waals surface area contributed by atoms with Gasteiger partial charge >= 0.3 is 0 Å². The fraction of sp³-hybridized carbons (Fsp3) is 0.647. The zero-order valence-electron chi connectivity index (χ0n) is 12.8. The molecule has 0 amide bonds. The molecule has 0 unspecified atom stereocenters. The maximum absolute atomic E-state index is 14.0. The van der Waals surface area contributed by atoms with Crippen LogP contribution >= 0.6 is 0 Å². The van der Waals surface area contributed by atoms with Crippen LogP contribution in [0.15, 0.2) is 18.2 Å². The van der Waals surface area contributed by atoms with E-state index in [4.69, 9.17) is 0 Å². The molecule has 1 fully saturated rings. The molecule has 0 saturated heterocycles. The first kappa shape index (κ1) is 15.3. The number of aliphatic hydroxyl groups excluding tert-OH is 1. The molecule has 0 spiro atoms. The van der Waals surface area contributed by atoms with Crippen LogP contribution in [0.3, 0.4) is 0 Å². The highest BCUT2D eigenvalue weighted by molar-refractivity contribution is 5.55. The lowest BCUT2D eigenvalue weighted by Crippen LogP contribution is -2.36. The number of halogens is 1. The summed E-state index contributed by atoms with van der Waals surface area (Å²) in [6.45, 7) is 3.89. The fourth-order valence-electron chi connectivity index (χ4n) is 3.38. The van der Waals surface area contributed by atoms with Crippen molar-refractivity contribution in [1.82, 2.24) is 0 Å². The number of aliphatic hydroxyl groups is 1. The van der Waals surface area contributed by atoms with E-state index in [0.29, 0.717) is 11.6 Å². The second kappa shape index (κ2) is 6.57. The lowest BCUT2D eigenvalue weighted by Gasteiger charge is -2.37. The first-order valence-corrected chi connectivity index (χ1v) is 7.73. The topological polar surface area (TPSA) is 23.5 Å². The standard InChI is InChI=1S/C17H26FNO/c1-4-13-8-10-14(11-9-13)19(3)16-7-5-6-15(18)17(16)12(2)20/h5-7,12-14,20H,4,8-11H2,1-3H3/t12-,13?,14?/m0/s1. The van der Waals surface area contributed by atoms with Gasteiger partial charge in [0.1, 0.15) is 5.82 Å². The molecule has 20 heavy (non-hydrogen) atoms. The number of anilines is 1. The van der Waals surface area contributed by atoms with Crippen LogP contribution < -0.4 is 4.90 Å². The van der Waals surface area contributed by atoms with Crippen molar-refractivity contribution in [2.75, 3.05) is 11.9 Å². The highest BCUT2D eigenvalue weighted by atomic mass is 19.1. The van der Waals surface area contributed by atoms with Gasteiger partial charge < -0.3 is 10.0 Å². The van der Waals surface area contributed by atoms with E-state index in [2.05, 4.69) is 11.8 Å². The molecule has 1 aliphatic carbocycles. The Morgan fingerprint density at radius 1 is 1.30 bits per heavy atom. The predicted molar refractivity (Wildman–Crippen MR) is 81.5 cm³/mol. The average molecular weight is 279 g/mol. The molecule has 0 aromatic heterocycles. The molecular formula is C17H26FNO. The Balaban J connectivity index is 2.17. The SMILES string of the molecule is CCC1CCC(N(C)c2cccc(F)c2[C@H](C)O)CC1. The number of hydrogen-bond donors (Lipinski definition) is 1. The van der Waals surface area contributed by atoms with Gasteiger partial charge in [-0.2, -0.15) is 0 Å². The molecule has 0 heterocycles. The smallest absolute Gasteiger partial charge is 0.131 e. The molecule has 3 heteroatoms. The monoisotopic (exact) mass is 279 g/mol. The van der Waals surface area contributed by atoms with E-state index in [9.17, 15) is 9.50 Å². The predicted octanol–water partition coefficient (Wildman–Crippen LogP) is 4.28. The van der Waals surface area contributed by atoms with Crippen molar-refractivity contribution < 1.29 is 9.50 Å². The second-order valence-electron chi connectivity index (χ2n) is 6.04. The molecule has 1 aliphatic rings. The van der Waals surface area contributed by atoms with E-state index in [0.717, 1.165) is 24.4 Å². The number of benzene rings is 1. The van der Waals surface area contributed by atoms with E-state index >= 15 is 0 Å². The van der Waals surface area contributed by atoms with E-state index in [1.54, 1.807) is 13.0 Å². The quantitative estimate of drug-likeness (QED) is 0.889. The van der Waals surface area contributed by atoms with Crippen molar-refractivity contribution in [1.29, 1.82) is 0 Å². The molecule has 1 aromatic rings. The Bertz CT molecular complexity index is 439. The van der Waals surface area contributed by atoms with Gasteiger partial charge in [0.05, 0.1) is 6.10 Å². The molecule has 0 radical (unpaired) electrons. The van der Waals surface area contributed by atoms with E-state index in [1.807, 2.05) is 13.1 Å². The van der Waals surface area contributed by atoms with Crippen LogP contribution in [-0.4, -0.2) is 18.2 Å². The Morgan fingerprint density at radius 2 is 1.95 bits per heavy atom. The fourth-order valence-corrected chi connectivity index (χ4v) is 3.38. The summed E-state index contributed by atoms with van der Waals surface area (Å²) in [4.78, 5) is 2.16. The molecule has 0 aliphatic heterocycles. The van der Waals surface area contributed by atoms with Crippen molar-refractivity contribution in [3.63, 3.8) is 0 Å². The zero-order chi connectivity index (χ0) is 14.7. The van der Waals surface area contributed by atoms with E-state index in [-0.39, 0.29) is 5.82 Å². The summed E-state index contributed by atoms with van der Waals surface area (Å²) in [6.07, 6.45) is 5.31. The van der Waals surface area contributed by atoms with Crippen molar-refractivity contribution in [2.24, 2.45) is 5.92 Å². The Hall–Kier alpha value is -1.09. The third-order valence-corrected chi connectivity index (χ3v) is 4.77. The average Bonchev–Trinajstić information content (AvgIpc) is 2.46. The van der Waals surface area contributed by atoms with Gasteiger partial charge in [0, 0.05) is 24.3 Å². The molecule has 0 bridgehead atoms. The van der Waals surface area contributed by atoms with Gasteiger partial charge in [-0.1, -0.05) is 19.4 Å². The van der Waals surface area contributed by atoms with Crippen molar-refractivity contribution in [2.45, 2.75) is 58.1 Å². The van der Waals surface area contributed by atoms with E-state index < -0.39 is 6.10 Å². The lowest BCUT2D eigenvalue weighted by molar-refractivity contribution is 0.194. The molecular weight excluding hydrogens is 253 g/mol. The Morgan fingerprint density at radius 3 is 2.50 bits per heavy atom. The van der Waals surface area contributed by atoms with Crippen LogP contribution in [0, 0.1) is 11.7 Å². The molecule has 1 aromatic carbocycles. The van der Waals surface area contributed by atoms with E-state index in [1.165, 1.54) is 25.3 Å². The zero-order valence-corrected chi connectivity index (χ0v) is 12.8. The van der Waals surface area contributed by atoms with Crippen LogP contribution in [-0.2, 0) is 0 Å². The van der Waals surface area contributed by atoms with Crippen molar-refractivity contribution >= 4 is 5.69 Å². The van der Waals surface area contributed by atoms with Crippen LogP contribution in [0.4, 0.5) is 10.1 Å². The van der Waals surface area contributed by atoms with Gasteiger partial charge in [0.2, 0.25) is 0 Å². The number of rotatable bonds is 4. The third-order valence-electron chi connectivity index (χ3n) is 4.77. The van der Waals surface area contributed by atoms with Gasteiger partial charge in [0.25, 0.3) is 0 Å². The third kappa shape index (κ3) is 3.14. The molecule has 2 nitrogen and oxygen atoms in total. The summed E-state index contributed by atoms with van der Waals surface area (Å²) >= 11 is 0. The minimum atomic E-state index is -0.777. The van der Waals surface area contributed by atoms with Gasteiger partial charge in [-0.25, -0.2) is 4.39 Å². The minimum Gasteiger partial charge on any atom is -0.389 e. The molecule has 1 atom stereocenters. The maximum Gasteiger partial charge on any atom is 0.131 e. The second-order valence-corrected chi connectivity index (χ2v) is 6.04. The molecule has 1 saturated carbocycles. The van der Waals surface area contributed by atoms with Crippen molar-refractivity contribution in [3.05, 3.63) is 29.6 Å². The summed E-state index contributed by atoms with van der Waals surface area (Å²) in [6, 6.07) is 5.52. The summed E-state index contributed by atoms with van der Waals surface area (Å²) in [5, 5.41) is 9.85. The number of nitrogens with zero attached hydrogens (tertiary/aromatic N) is 1. The first-order chi connectivity index (χ1) is 9.54. The Labute approximate surface area is 121 Å². The van der Waals surface area contributed by atoms with Crippen LogP contribution in [0.5, 0.6) is 0 Å². The summed E-state index contributed by atoms with van der Waals surface area (Å²) in [7, 11) is 2.03. The maximum atomic E-state index is 14.0. The summed E-state index contributed by atoms with van der Waals surface area (Å²) in [5.74, 6) is 0.537. The van der Waals surface area contributed by atoms with Crippen LogP contribution in [0.2, 0.25) is 0 Å². The van der Waals surface area contributed by atoms with Gasteiger partial charge in [-0.15, -0.1) is 0 Å². The first-order valence-electron chi connectivity index (χ1n) is 7.73. The summed E-state index contributed by atoms with van der Waals surface area (Å²) in [5.41, 5.74) is 1.26. The highest BCUT2D eigenvalue weighted by Crippen LogP contribution is 2.34. The molecule has 112 valence electrons.